The van der Waals surface area contributed by atoms with Crippen molar-refractivity contribution in [1.29, 1.82) is 5.26 Å². The van der Waals surface area contributed by atoms with Crippen LogP contribution in [0.4, 0.5) is 5.69 Å². The maximum atomic E-state index is 12.4. The fourth-order valence-corrected chi connectivity index (χ4v) is 2.64. The van der Waals surface area contributed by atoms with Crippen molar-refractivity contribution in [2.45, 2.75) is 6.54 Å². The number of nitriles is 1. The van der Waals surface area contributed by atoms with Gasteiger partial charge >= 0.3 is 0 Å². The minimum Gasteiger partial charge on any atom is -0.348 e. The highest BCUT2D eigenvalue weighted by atomic mass is 35.5. The number of amides is 2. The van der Waals surface area contributed by atoms with E-state index in [9.17, 15) is 9.59 Å². The van der Waals surface area contributed by atoms with Crippen molar-refractivity contribution >= 4 is 29.1 Å². The molecule has 0 atom stereocenters. The first-order valence-corrected chi connectivity index (χ1v) is 8.73. The van der Waals surface area contributed by atoms with Crippen molar-refractivity contribution in [3.8, 4) is 6.07 Å². The van der Waals surface area contributed by atoms with E-state index in [4.69, 9.17) is 16.9 Å². The lowest BCUT2D eigenvalue weighted by Crippen LogP contribution is -2.23. The van der Waals surface area contributed by atoms with Gasteiger partial charge in [-0.1, -0.05) is 29.8 Å². The molecule has 0 spiro atoms. The second kappa shape index (κ2) is 8.80. The van der Waals surface area contributed by atoms with Crippen LogP contribution >= 0.6 is 11.6 Å². The molecule has 0 aliphatic carbocycles. The second-order valence-electron chi connectivity index (χ2n) is 5.88. The maximum Gasteiger partial charge on any atom is 0.257 e. The topological polar surface area (TPSA) is 94.9 Å². The molecule has 0 saturated heterocycles. The summed E-state index contributed by atoms with van der Waals surface area (Å²) in [5.74, 6) is -0.765. The molecule has 0 unspecified atom stereocenters. The Labute approximate surface area is 166 Å². The minimum atomic E-state index is -0.405. The lowest BCUT2D eigenvalue weighted by atomic mass is 10.1. The highest BCUT2D eigenvalue weighted by Crippen LogP contribution is 2.15. The lowest BCUT2D eigenvalue weighted by Gasteiger charge is -2.08. The molecule has 0 radical (unpaired) electrons. The molecule has 0 bridgehead atoms. The average Bonchev–Trinajstić information content (AvgIpc) is 2.73. The highest BCUT2D eigenvalue weighted by Gasteiger charge is 2.12. The highest BCUT2D eigenvalue weighted by molar-refractivity contribution is 6.31. The van der Waals surface area contributed by atoms with Gasteiger partial charge in [-0.05, 0) is 42.0 Å². The van der Waals surface area contributed by atoms with Crippen molar-refractivity contribution < 1.29 is 9.59 Å². The Bertz CT molecular complexity index is 1060. The zero-order valence-corrected chi connectivity index (χ0v) is 15.4. The summed E-state index contributed by atoms with van der Waals surface area (Å²) in [6.07, 6.45) is 2.77. The fraction of sp³-hybridized carbons (Fsp3) is 0.0476. The van der Waals surface area contributed by atoms with Crippen LogP contribution in [0.15, 0.2) is 67.0 Å². The molecule has 2 amide bonds. The molecule has 7 heteroatoms. The molecule has 1 heterocycles. The third-order valence-corrected chi connectivity index (χ3v) is 4.30. The summed E-state index contributed by atoms with van der Waals surface area (Å²) in [5, 5.41) is 14.8. The molecule has 0 aliphatic heterocycles. The molecule has 1 aromatic heterocycles. The first kappa shape index (κ1) is 19.1. The van der Waals surface area contributed by atoms with Crippen LogP contribution < -0.4 is 10.6 Å². The van der Waals surface area contributed by atoms with E-state index in [1.54, 1.807) is 30.3 Å². The van der Waals surface area contributed by atoms with Crippen LogP contribution in [0.1, 0.15) is 31.8 Å². The number of hydrogen-bond acceptors (Lipinski definition) is 4. The van der Waals surface area contributed by atoms with Gasteiger partial charge in [0.25, 0.3) is 11.8 Å². The van der Waals surface area contributed by atoms with Crippen molar-refractivity contribution in [3.63, 3.8) is 0 Å². The lowest BCUT2D eigenvalue weighted by molar-refractivity contribution is 0.0950. The van der Waals surface area contributed by atoms with Crippen LogP contribution in [-0.4, -0.2) is 16.8 Å². The van der Waals surface area contributed by atoms with Gasteiger partial charge in [0.1, 0.15) is 0 Å². The van der Waals surface area contributed by atoms with Gasteiger partial charge in [-0.15, -0.1) is 0 Å². The molecule has 0 saturated carbocycles. The Hall–Kier alpha value is -3.69. The van der Waals surface area contributed by atoms with Crippen LogP contribution in [0.3, 0.4) is 0 Å². The van der Waals surface area contributed by atoms with Gasteiger partial charge in [0.2, 0.25) is 0 Å². The fourth-order valence-electron chi connectivity index (χ4n) is 2.44. The summed E-state index contributed by atoms with van der Waals surface area (Å²) >= 11 is 6.08. The van der Waals surface area contributed by atoms with E-state index >= 15 is 0 Å². The van der Waals surface area contributed by atoms with Gasteiger partial charge in [-0.3, -0.25) is 14.6 Å². The Balaban J connectivity index is 1.67. The Morgan fingerprint density at radius 3 is 2.36 bits per heavy atom. The second-order valence-corrected chi connectivity index (χ2v) is 6.29. The molecule has 3 rings (SSSR count). The summed E-state index contributed by atoms with van der Waals surface area (Å²) in [6.45, 7) is 0.264. The van der Waals surface area contributed by atoms with Gasteiger partial charge < -0.3 is 10.6 Å². The van der Waals surface area contributed by atoms with Gasteiger partial charge in [0, 0.05) is 29.6 Å². The minimum absolute atomic E-state index is 0.245. The third kappa shape index (κ3) is 4.72. The zero-order valence-electron chi connectivity index (χ0n) is 14.6. The molecule has 138 valence electrons. The predicted molar refractivity (Wildman–Crippen MR) is 106 cm³/mol. The van der Waals surface area contributed by atoms with Gasteiger partial charge in [0.15, 0.2) is 0 Å². The number of aromatic nitrogens is 1. The molecule has 0 aliphatic rings. The predicted octanol–water partition coefficient (Wildman–Crippen LogP) is 3.79. The standard InChI is InChI=1S/C21H15ClN4O2/c22-19-4-2-1-3-15(19)13-25-20(27)16-9-17(12-24-11-16)21(28)26-18-7-5-14(10-23)6-8-18/h1-9,11-12H,13H2,(H,25,27)(H,26,28). The Morgan fingerprint density at radius 1 is 1.00 bits per heavy atom. The molecule has 2 N–H and O–H groups in total. The first-order valence-electron chi connectivity index (χ1n) is 8.35. The number of nitrogens with zero attached hydrogens (tertiary/aromatic N) is 2. The van der Waals surface area contributed by atoms with Crippen LogP contribution in [0, 0.1) is 11.3 Å². The summed E-state index contributed by atoms with van der Waals surface area (Å²) in [4.78, 5) is 28.8. The van der Waals surface area contributed by atoms with Crippen LogP contribution in [0.25, 0.3) is 0 Å². The van der Waals surface area contributed by atoms with E-state index in [2.05, 4.69) is 15.6 Å². The summed E-state index contributed by atoms with van der Waals surface area (Å²) in [5.41, 5.74) is 2.34. The van der Waals surface area contributed by atoms with E-state index in [0.717, 1.165) is 5.56 Å². The SMILES string of the molecule is N#Cc1ccc(NC(=O)c2cncc(C(=O)NCc3ccccc3Cl)c2)cc1. The molecule has 0 fully saturated rings. The third-order valence-electron chi connectivity index (χ3n) is 3.93. The number of nitrogens with one attached hydrogen (secondary N) is 2. The van der Waals surface area contributed by atoms with Crippen molar-refractivity contribution in [2.75, 3.05) is 5.32 Å². The smallest absolute Gasteiger partial charge is 0.257 e. The van der Waals surface area contributed by atoms with E-state index in [1.807, 2.05) is 24.3 Å². The number of carbonyl (C=O) groups is 2. The van der Waals surface area contributed by atoms with E-state index in [0.29, 0.717) is 16.3 Å². The van der Waals surface area contributed by atoms with Crippen LogP contribution in [0.5, 0.6) is 0 Å². The number of carbonyl (C=O) groups excluding carboxylic acids is 2. The van der Waals surface area contributed by atoms with Crippen molar-refractivity contribution in [1.82, 2.24) is 10.3 Å². The number of hydrogen-bond donors (Lipinski definition) is 2. The molecule has 3 aromatic rings. The van der Waals surface area contributed by atoms with E-state index < -0.39 is 5.91 Å². The van der Waals surface area contributed by atoms with Gasteiger partial charge in [-0.2, -0.15) is 5.26 Å². The molecular formula is C21H15ClN4O2. The zero-order chi connectivity index (χ0) is 19.9. The number of benzene rings is 2. The van der Waals surface area contributed by atoms with Crippen molar-refractivity contribution in [2.24, 2.45) is 0 Å². The number of anilines is 1. The molecule has 2 aromatic carbocycles. The maximum absolute atomic E-state index is 12.4. The monoisotopic (exact) mass is 390 g/mol. The normalized spacial score (nSPS) is 10.0. The number of pyridine rings is 1. The van der Waals surface area contributed by atoms with E-state index in [-0.39, 0.29) is 23.6 Å². The summed E-state index contributed by atoms with van der Waals surface area (Å²) in [6, 6.07) is 17.2. The molecular weight excluding hydrogens is 376 g/mol. The van der Waals surface area contributed by atoms with E-state index in [1.165, 1.54) is 18.5 Å². The average molecular weight is 391 g/mol. The Kier molecular flexibility index (Phi) is 6.00. The molecule has 6 nitrogen and oxygen atoms in total. The summed E-state index contributed by atoms with van der Waals surface area (Å²) < 4.78 is 0. The van der Waals surface area contributed by atoms with Gasteiger partial charge in [0.05, 0.1) is 22.8 Å². The van der Waals surface area contributed by atoms with Crippen LogP contribution in [0.2, 0.25) is 5.02 Å². The quantitative estimate of drug-likeness (QED) is 0.692. The summed E-state index contributed by atoms with van der Waals surface area (Å²) in [7, 11) is 0. The molecule has 28 heavy (non-hydrogen) atoms. The van der Waals surface area contributed by atoms with Crippen LogP contribution in [-0.2, 0) is 6.54 Å². The largest absolute Gasteiger partial charge is 0.348 e. The first-order chi connectivity index (χ1) is 13.6. The number of rotatable bonds is 5. The Morgan fingerprint density at radius 2 is 1.68 bits per heavy atom. The van der Waals surface area contributed by atoms with Crippen molar-refractivity contribution in [3.05, 3.63) is 94.3 Å². The van der Waals surface area contributed by atoms with Gasteiger partial charge in [-0.25, -0.2) is 0 Å². The number of halogens is 1.